The molecular formula is C23H24N2O5S. The van der Waals surface area contributed by atoms with E-state index in [1.807, 2.05) is 60.7 Å². The molecule has 0 spiro atoms. The highest BCUT2D eigenvalue weighted by Gasteiger charge is 2.51. The molecule has 2 aromatic carbocycles. The molecule has 0 bridgehead atoms. The number of benzene rings is 2. The molecular weight excluding hydrogens is 416 g/mol. The first-order chi connectivity index (χ1) is 15.0. The van der Waals surface area contributed by atoms with Gasteiger partial charge >= 0.3 is 11.3 Å². The van der Waals surface area contributed by atoms with E-state index in [-0.39, 0.29) is 18.6 Å². The first kappa shape index (κ1) is 21.3. The van der Waals surface area contributed by atoms with Crippen molar-refractivity contribution >= 4 is 32.7 Å². The molecule has 31 heavy (non-hydrogen) atoms. The van der Waals surface area contributed by atoms with E-state index in [2.05, 4.69) is 0 Å². The van der Waals surface area contributed by atoms with Gasteiger partial charge in [-0.05, 0) is 24.0 Å². The summed E-state index contributed by atoms with van der Waals surface area (Å²) in [6.07, 6.45) is 0.568. The Kier molecular flexibility index (Phi) is 6.20. The number of esters is 1. The molecule has 2 aliphatic rings. The molecule has 0 aromatic heterocycles. The summed E-state index contributed by atoms with van der Waals surface area (Å²) >= 11 is 0. The van der Waals surface area contributed by atoms with E-state index in [0.717, 1.165) is 11.1 Å². The highest BCUT2D eigenvalue weighted by Crippen LogP contribution is 2.43. The van der Waals surface area contributed by atoms with Gasteiger partial charge in [-0.25, -0.2) is 4.79 Å². The molecule has 7 nitrogen and oxygen atoms in total. The molecule has 1 saturated heterocycles. The van der Waals surface area contributed by atoms with E-state index in [4.69, 9.17) is 15.2 Å². The molecule has 2 N–H and O–H groups in total. The van der Waals surface area contributed by atoms with Crippen molar-refractivity contribution in [1.29, 1.82) is 0 Å². The topological polar surface area (TPSA) is 98.9 Å². The van der Waals surface area contributed by atoms with E-state index >= 15 is 0 Å². The van der Waals surface area contributed by atoms with Crippen LogP contribution in [0.4, 0.5) is 4.79 Å². The molecule has 1 unspecified atom stereocenters. The molecule has 2 heterocycles. The Balaban J connectivity index is 1.68. The summed E-state index contributed by atoms with van der Waals surface area (Å²) < 4.78 is 12.7. The lowest BCUT2D eigenvalue weighted by Gasteiger charge is -2.49. The van der Waals surface area contributed by atoms with Gasteiger partial charge in [0.2, 0.25) is 0 Å². The number of nitrogens with zero attached hydrogens (tertiary/aromatic N) is 1. The fourth-order valence-electron chi connectivity index (χ4n) is 3.84. The third-order valence-corrected chi connectivity index (χ3v) is 7.55. The summed E-state index contributed by atoms with van der Waals surface area (Å²) in [6.45, 7) is 1.30. The van der Waals surface area contributed by atoms with Gasteiger partial charge in [-0.3, -0.25) is 13.9 Å². The number of β-lactam (4-membered cyclic amide) rings is 1. The maximum atomic E-state index is 13.4. The van der Waals surface area contributed by atoms with Gasteiger partial charge in [0.1, 0.15) is 12.6 Å². The number of nitrogens with two attached hydrogens (primary N) is 1. The molecule has 162 valence electrons. The maximum Gasteiger partial charge on any atom is 0.381 e. The van der Waals surface area contributed by atoms with E-state index in [0.29, 0.717) is 17.7 Å². The molecule has 1 fully saturated rings. The zero-order chi connectivity index (χ0) is 22.0. The lowest BCUT2D eigenvalue weighted by atomic mass is 9.94. The summed E-state index contributed by atoms with van der Waals surface area (Å²) in [5, 5.41) is -0.523. The Morgan fingerprint density at radius 3 is 2.23 bits per heavy atom. The third-order valence-electron chi connectivity index (χ3n) is 5.42. The van der Waals surface area contributed by atoms with E-state index in [9.17, 15) is 14.4 Å². The summed E-state index contributed by atoms with van der Waals surface area (Å²) in [5.41, 5.74) is 7.61. The van der Waals surface area contributed by atoms with E-state index in [1.165, 1.54) is 11.2 Å². The molecule has 4 rings (SSSR count). The number of carbonyl (C=O) groups is 3. The second-order valence-electron chi connectivity index (χ2n) is 7.47. The molecule has 2 aromatic rings. The summed E-state index contributed by atoms with van der Waals surface area (Å²) in [7, 11) is -1.27. The normalized spacial score (nSPS) is 22.5. The van der Waals surface area contributed by atoms with Crippen LogP contribution in [-0.4, -0.2) is 45.0 Å². The summed E-state index contributed by atoms with van der Waals surface area (Å²) in [4.78, 5) is 38.0. The number of carbonyl (C=O) groups excluding carboxylic acids is 3. The van der Waals surface area contributed by atoms with Crippen LogP contribution in [0, 0.1) is 0 Å². The Labute approximate surface area is 183 Å². The first-order valence-corrected chi connectivity index (χ1v) is 11.3. The second-order valence-corrected chi connectivity index (χ2v) is 9.34. The van der Waals surface area contributed by atoms with Crippen molar-refractivity contribution in [3.8, 4) is 0 Å². The van der Waals surface area contributed by atoms with Crippen LogP contribution < -0.4 is 5.73 Å². The highest BCUT2D eigenvalue weighted by atomic mass is 32.2. The van der Waals surface area contributed by atoms with Crippen molar-refractivity contribution in [2.24, 2.45) is 5.73 Å². The van der Waals surface area contributed by atoms with Crippen LogP contribution in [0.5, 0.6) is 0 Å². The smallest absolute Gasteiger partial charge is 0.381 e. The van der Waals surface area contributed by atoms with E-state index in [1.54, 1.807) is 0 Å². The van der Waals surface area contributed by atoms with Gasteiger partial charge in [0.15, 0.2) is 6.10 Å². The SMILES string of the molecule is CC(=O)OCC1=S(C(=O)OC(c2ccccc2)c2ccccc2)N2C(=O)[C@H](N)[C@H]2CC1. The van der Waals surface area contributed by atoms with Crippen LogP contribution in [0.15, 0.2) is 60.7 Å². The summed E-state index contributed by atoms with van der Waals surface area (Å²) in [6, 6.07) is 18.1. The van der Waals surface area contributed by atoms with Crippen LogP contribution in [0.3, 0.4) is 0 Å². The molecule has 0 saturated carbocycles. The minimum atomic E-state index is -1.27. The van der Waals surface area contributed by atoms with Gasteiger partial charge in [0, 0.05) is 22.5 Å². The second kappa shape index (κ2) is 9.03. The predicted octanol–water partition coefficient (Wildman–Crippen LogP) is 3.16. The van der Waals surface area contributed by atoms with Crippen molar-refractivity contribution in [1.82, 2.24) is 4.31 Å². The molecule has 8 heteroatoms. The molecule has 0 radical (unpaired) electrons. The quantitative estimate of drug-likeness (QED) is 0.436. The zero-order valence-electron chi connectivity index (χ0n) is 17.1. The largest absolute Gasteiger partial charge is 0.461 e. The van der Waals surface area contributed by atoms with Crippen molar-refractivity contribution in [2.45, 2.75) is 38.0 Å². The van der Waals surface area contributed by atoms with Crippen molar-refractivity contribution in [3.63, 3.8) is 0 Å². The number of fused-ring (bicyclic) bond motifs is 1. The van der Waals surface area contributed by atoms with Crippen LogP contribution >= 0.6 is 10.7 Å². The summed E-state index contributed by atoms with van der Waals surface area (Å²) in [5.74, 6) is -0.717. The van der Waals surface area contributed by atoms with Crippen molar-refractivity contribution in [2.75, 3.05) is 6.61 Å². The Hall–Kier alpha value is -2.97. The van der Waals surface area contributed by atoms with E-state index < -0.39 is 34.1 Å². The monoisotopic (exact) mass is 440 g/mol. The van der Waals surface area contributed by atoms with Gasteiger partial charge in [0.05, 0.1) is 6.04 Å². The molecule has 0 aliphatic carbocycles. The number of ether oxygens (including phenoxy) is 2. The van der Waals surface area contributed by atoms with Crippen molar-refractivity contribution in [3.05, 3.63) is 71.8 Å². The number of hydrogen-bond donors (Lipinski definition) is 1. The third kappa shape index (κ3) is 4.26. The Morgan fingerprint density at radius 2 is 1.68 bits per heavy atom. The molecule has 2 aliphatic heterocycles. The van der Waals surface area contributed by atoms with Gasteiger partial charge in [-0.15, -0.1) is 0 Å². The minimum absolute atomic E-state index is 0.0133. The number of amides is 1. The van der Waals surface area contributed by atoms with Gasteiger partial charge in [0.25, 0.3) is 5.91 Å². The first-order valence-electron chi connectivity index (χ1n) is 10.1. The lowest BCUT2D eigenvalue weighted by molar-refractivity contribution is -0.139. The Bertz CT molecular complexity index is 985. The zero-order valence-corrected chi connectivity index (χ0v) is 17.9. The highest BCUT2D eigenvalue weighted by molar-refractivity contribution is 8.26. The Morgan fingerprint density at radius 1 is 1.10 bits per heavy atom. The maximum absolute atomic E-state index is 13.4. The minimum Gasteiger partial charge on any atom is -0.461 e. The van der Waals surface area contributed by atoms with Gasteiger partial charge in [-0.2, -0.15) is 0 Å². The van der Waals surface area contributed by atoms with Crippen LogP contribution in [0.2, 0.25) is 0 Å². The fourth-order valence-corrected chi connectivity index (χ4v) is 5.99. The fraction of sp³-hybridized carbons (Fsp3) is 0.304. The van der Waals surface area contributed by atoms with Gasteiger partial charge < -0.3 is 15.2 Å². The number of hydrogen-bond acceptors (Lipinski definition) is 6. The average molecular weight is 441 g/mol. The lowest BCUT2D eigenvalue weighted by Crippen LogP contribution is -2.68. The predicted molar refractivity (Wildman–Crippen MR) is 118 cm³/mol. The molecule has 1 amide bonds. The standard InChI is InChI=1S/C23H24N2O5S/c1-15(26)29-14-18-12-13-19-20(24)22(27)25(19)31(18)23(28)30-21(16-8-4-2-5-9-16)17-10-6-3-7-11-17/h2-11,19-21H,12-14,24H2,1H3/t19-,20-,31?/m1/s1. The van der Waals surface area contributed by atoms with Crippen LogP contribution in [0.1, 0.15) is 37.0 Å². The average Bonchev–Trinajstić information content (AvgIpc) is 2.80. The number of rotatable bonds is 5. The van der Waals surface area contributed by atoms with Crippen LogP contribution in [0.25, 0.3) is 0 Å². The van der Waals surface area contributed by atoms with Gasteiger partial charge in [-0.1, -0.05) is 60.7 Å². The molecule has 3 atom stereocenters. The van der Waals surface area contributed by atoms with Crippen LogP contribution in [-0.2, 0) is 19.1 Å². The van der Waals surface area contributed by atoms with Crippen molar-refractivity contribution < 1.29 is 23.9 Å².